The Bertz CT molecular complexity index is 410. The van der Waals surface area contributed by atoms with E-state index in [9.17, 15) is 9.59 Å². The zero-order valence-electron chi connectivity index (χ0n) is 13.0. The summed E-state index contributed by atoms with van der Waals surface area (Å²) >= 11 is 0. The minimum absolute atomic E-state index is 0.263. The summed E-state index contributed by atoms with van der Waals surface area (Å²) in [5, 5.41) is 0. The van der Waals surface area contributed by atoms with Crippen LogP contribution in [0.3, 0.4) is 0 Å². The molecule has 1 unspecified atom stereocenters. The Morgan fingerprint density at radius 2 is 1.86 bits per heavy atom. The lowest BCUT2D eigenvalue weighted by atomic mass is 9.96. The normalized spacial score (nSPS) is 25.0. The fourth-order valence-electron chi connectivity index (χ4n) is 2.60. The van der Waals surface area contributed by atoms with Gasteiger partial charge in [-0.05, 0) is 20.8 Å². The van der Waals surface area contributed by atoms with Crippen molar-refractivity contribution in [2.24, 2.45) is 0 Å². The van der Waals surface area contributed by atoms with Crippen molar-refractivity contribution in [3.63, 3.8) is 0 Å². The minimum atomic E-state index is -0.780. The number of hydrogen-bond acceptors (Lipinski definition) is 6. The highest BCUT2D eigenvalue weighted by molar-refractivity contribution is 5.82. The highest BCUT2D eigenvalue weighted by Gasteiger charge is 2.49. The maximum atomic E-state index is 12.3. The fraction of sp³-hybridized carbons (Fsp3) is 0.857. The molecule has 2 fully saturated rings. The van der Waals surface area contributed by atoms with Gasteiger partial charge in [-0.15, -0.1) is 0 Å². The number of piperidine rings is 1. The number of ether oxygens (including phenoxy) is 4. The summed E-state index contributed by atoms with van der Waals surface area (Å²) in [6.45, 7) is 6.68. The third-order valence-electron chi connectivity index (χ3n) is 3.53. The predicted molar refractivity (Wildman–Crippen MR) is 72.6 cm³/mol. The Morgan fingerprint density at radius 3 is 2.38 bits per heavy atom. The minimum Gasteiger partial charge on any atom is -0.467 e. The SMILES string of the molecule is COC(=O)C1CC2(CCN1C(=O)OC(C)(C)C)OCCO2. The van der Waals surface area contributed by atoms with Crippen LogP contribution in [0.25, 0.3) is 0 Å². The van der Waals surface area contributed by atoms with Crippen LogP contribution in [0.4, 0.5) is 4.79 Å². The standard InChI is InChI=1S/C14H23NO6/c1-13(2,3)21-12(17)15-6-5-14(19-7-8-20-14)9-10(15)11(16)18-4/h10H,5-9H2,1-4H3. The van der Waals surface area contributed by atoms with E-state index in [1.165, 1.54) is 12.0 Å². The number of carbonyl (C=O) groups is 2. The molecule has 1 atom stereocenters. The van der Waals surface area contributed by atoms with Crippen LogP contribution in [0.5, 0.6) is 0 Å². The van der Waals surface area contributed by atoms with Gasteiger partial charge in [0.1, 0.15) is 11.6 Å². The molecule has 1 amide bonds. The lowest BCUT2D eigenvalue weighted by Gasteiger charge is -2.42. The van der Waals surface area contributed by atoms with Crippen LogP contribution in [0.1, 0.15) is 33.6 Å². The average molecular weight is 301 g/mol. The van der Waals surface area contributed by atoms with Gasteiger partial charge in [-0.2, -0.15) is 0 Å². The van der Waals surface area contributed by atoms with Gasteiger partial charge in [-0.1, -0.05) is 0 Å². The van der Waals surface area contributed by atoms with Gasteiger partial charge in [0.15, 0.2) is 5.79 Å². The smallest absolute Gasteiger partial charge is 0.411 e. The van der Waals surface area contributed by atoms with Gasteiger partial charge in [-0.3, -0.25) is 4.90 Å². The van der Waals surface area contributed by atoms with E-state index in [4.69, 9.17) is 18.9 Å². The van der Waals surface area contributed by atoms with Crippen molar-refractivity contribution in [2.45, 2.75) is 51.0 Å². The van der Waals surface area contributed by atoms with E-state index in [0.29, 0.717) is 26.2 Å². The summed E-state index contributed by atoms with van der Waals surface area (Å²) < 4.78 is 21.4. The van der Waals surface area contributed by atoms with Crippen molar-refractivity contribution in [3.05, 3.63) is 0 Å². The second-order valence-electron chi connectivity index (χ2n) is 6.27. The molecule has 2 rings (SSSR count). The van der Waals surface area contributed by atoms with Crippen LogP contribution in [0.2, 0.25) is 0 Å². The monoisotopic (exact) mass is 301 g/mol. The van der Waals surface area contributed by atoms with E-state index in [2.05, 4.69) is 0 Å². The third kappa shape index (κ3) is 3.65. The Hall–Kier alpha value is -1.34. The average Bonchev–Trinajstić information content (AvgIpc) is 2.83. The number of amides is 1. The lowest BCUT2D eigenvalue weighted by Crippen LogP contribution is -2.57. The Morgan fingerprint density at radius 1 is 1.24 bits per heavy atom. The van der Waals surface area contributed by atoms with E-state index >= 15 is 0 Å². The van der Waals surface area contributed by atoms with Crippen molar-refractivity contribution in [2.75, 3.05) is 26.9 Å². The van der Waals surface area contributed by atoms with Gasteiger partial charge in [0.25, 0.3) is 0 Å². The molecule has 0 aromatic heterocycles. The molecule has 2 heterocycles. The largest absolute Gasteiger partial charge is 0.467 e. The number of hydrogen-bond donors (Lipinski definition) is 0. The van der Waals surface area contributed by atoms with Crippen LogP contribution < -0.4 is 0 Å². The molecule has 21 heavy (non-hydrogen) atoms. The number of carbonyl (C=O) groups excluding carboxylic acids is 2. The van der Waals surface area contributed by atoms with E-state index in [0.717, 1.165) is 0 Å². The molecule has 0 bridgehead atoms. The number of rotatable bonds is 1. The highest BCUT2D eigenvalue weighted by atomic mass is 16.7. The molecule has 7 heteroatoms. The topological polar surface area (TPSA) is 74.3 Å². The summed E-state index contributed by atoms with van der Waals surface area (Å²) in [7, 11) is 1.30. The first-order chi connectivity index (χ1) is 9.76. The van der Waals surface area contributed by atoms with Crippen LogP contribution in [-0.2, 0) is 23.7 Å². The molecular weight excluding hydrogens is 278 g/mol. The van der Waals surface area contributed by atoms with Gasteiger partial charge in [0.05, 0.1) is 20.3 Å². The zero-order valence-corrected chi connectivity index (χ0v) is 13.0. The van der Waals surface area contributed by atoms with Gasteiger partial charge >= 0.3 is 12.1 Å². The Balaban J connectivity index is 2.13. The molecule has 0 aromatic rings. The molecule has 2 aliphatic heterocycles. The van der Waals surface area contributed by atoms with Crippen LogP contribution in [0.15, 0.2) is 0 Å². The van der Waals surface area contributed by atoms with Crippen molar-refractivity contribution in [1.82, 2.24) is 4.90 Å². The molecule has 0 aliphatic carbocycles. The molecule has 7 nitrogen and oxygen atoms in total. The lowest BCUT2D eigenvalue weighted by molar-refractivity contribution is -0.200. The Kier molecular flexibility index (Phi) is 4.43. The maximum Gasteiger partial charge on any atom is 0.411 e. The molecule has 0 N–H and O–H groups in total. The fourth-order valence-corrected chi connectivity index (χ4v) is 2.60. The molecule has 0 radical (unpaired) electrons. The first kappa shape index (κ1) is 16.0. The van der Waals surface area contributed by atoms with Gasteiger partial charge in [0.2, 0.25) is 0 Å². The van der Waals surface area contributed by atoms with Gasteiger partial charge in [0, 0.05) is 19.4 Å². The molecule has 0 saturated carbocycles. The van der Waals surface area contributed by atoms with Crippen molar-refractivity contribution < 1.29 is 28.5 Å². The Labute approximate surface area is 124 Å². The van der Waals surface area contributed by atoms with Gasteiger partial charge < -0.3 is 18.9 Å². The maximum absolute atomic E-state index is 12.3. The van der Waals surface area contributed by atoms with E-state index < -0.39 is 29.5 Å². The molecule has 2 aliphatic rings. The van der Waals surface area contributed by atoms with Crippen molar-refractivity contribution in [1.29, 1.82) is 0 Å². The molecular formula is C14H23NO6. The molecule has 1 spiro atoms. The quantitative estimate of drug-likeness (QED) is 0.680. The van der Waals surface area contributed by atoms with Gasteiger partial charge in [-0.25, -0.2) is 9.59 Å². The van der Waals surface area contributed by atoms with Crippen LogP contribution >= 0.6 is 0 Å². The third-order valence-corrected chi connectivity index (χ3v) is 3.53. The van der Waals surface area contributed by atoms with Crippen LogP contribution in [-0.4, -0.2) is 61.3 Å². The molecule has 2 saturated heterocycles. The summed E-state index contributed by atoms with van der Waals surface area (Å²) in [6.07, 6.45) is 0.254. The first-order valence-electron chi connectivity index (χ1n) is 7.12. The van der Waals surface area contributed by atoms with Crippen LogP contribution in [0, 0.1) is 0 Å². The number of likely N-dealkylation sites (tertiary alicyclic amines) is 1. The second-order valence-corrected chi connectivity index (χ2v) is 6.27. The van der Waals surface area contributed by atoms with Crippen molar-refractivity contribution in [3.8, 4) is 0 Å². The zero-order chi connectivity index (χ0) is 15.7. The number of nitrogens with zero attached hydrogens (tertiary/aromatic N) is 1. The number of methoxy groups -OCH3 is 1. The second kappa shape index (κ2) is 5.81. The highest BCUT2D eigenvalue weighted by Crippen LogP contribution is 2.35. The van der Waals surface area contributed by atoms with E-state index in [1.54, 1.807) is 20.8 Å². The summed E-state index contributed by atoms with van der Waals surface area (Å²) in [6, 6.07) is -0.753. The number of esters is 1. The summed E-state index contributed by atoms with van der Waals surface area (Å²) in [5.74, 6) is -1.27. The van der Waals surface area contributed by atoms with Crippen molar-refractivity contribution >= 4 is 12.1 Å². The summed E-state index contributed by atoms with van der Waals surface area (Å²) in [5.41, 5.74) is -0.618. The first-order valence-corrected chi connectivity index (χ1v) is 7.12. The molecule has 120 valence electrons. The summed E-state index contributed by atoms with van der Waals surface area (Å²) in [4.78, 5) is 25.7. The molecule has 0 aromatic carbocycles. The van der Waals surface area contributed by atoms with E-state index in [1.807, 2.05) is 0 Å². The van der Waals surface area contributed by atoms with E-state index in [-0.39, 0.29) is 6.42 Å². The predicted octanol–water partition coefficient (Wildman–Crippen LogP) is 1.30.